The first-order chi connectivity index (χ1) is 10.8. The molecule has 22 heavy (non-hydrogen) atoms. The lowest BCUT2D eigenvalue weighted by Gasteiger charge is -2.06. The number of hydrogen-bond donors (Lipinski definition) is 0. The van der Waals surface area contributed by atoms with Gasteiger partial charge in [0.1, 0.15) is 0 Å². The highest BCUT2D eigenvalue weighted by atomic mass is 16.5. The summed E-state index contributed by atoms with van der Waals surface area (Å²) in [5.41, 5.74) is 0. The number of hydrogen-bond acceptors (Lipinski definition) is 1. The molecule has 1 unspecified atom stereocenters. The third-order valence-corrected chi connectivity index (χ3v) is 4.38. The van der Waals surface area contributed by atoms with Gasteiger partial charge in [-0.15, -0.1) is 0 Å². The molecular weight excluding hydrogens is 268 g/mol. The van der Waals surface area contributed by atoms with Gasteiger partial charge in [0.25, 0.3) is 0 Å². The van der Waals surface area contributed by atoms with Gasteiger partial charge in [0.2, 0.25) is 0 Å². The molecule has 0 aromatic heterocycles. The monoisotopic (exact) mass is 310 g/mol. The molecule has 0 spiro atoms. The van der Waals surface area contributed by atoms with Crippen LogP contribution in [0.25, 0.3) is 0 Å². The van der Waals surface area contributed by atoms with Gasteiger partial charge >= 0.3 is 0 Å². The molecule has 0 fully saturated rings. The van der Waals surface area contributed by atoms with Crippen molar-refractivity contribution in [3.8, 4) is 0 Å². The maximum atomic E-state index is 5.60. The van der Waals surface area contributed by atoms with Crippen LogP contribution in [0.5, 0.6) is 0 Å². The van der Waals surface area contributed by atoms with Crippen molar-refractivity contribution in [1.29, 1.82) is 0 Å². The smallest absolute Gasteiger partial charge is 0.0873 e. The van der Waals surface area contributed by atoms with Crippen LogP contribution in [0, 0.1) is 5.92 Å². The first-order valence-electron chi connectivity index (χ1n) is 10.1. The third-order valence-electron chi connectivity index (χ3n) is 4.38. The molecule has 0 aliphatic rings. The molecule has 0 aromatic carbocycles. The van der Waals surface area contributed by atoms with Gasteiger partial charge in [-0.05, 0) is 24.8 Å². The lowest BCUT2D eigenvalue weighted by Crippen LogP contribution is -1.92. The van der Waals surface area contributed by atoms with E-state index in [0.29, 0.717) is 5.92 Å². The van der Waals surface area contributed by atoms with E-state index in [1.54, 1.807) is 0 Å². The molecule has 0 saturated carbocycles. The maximum absolute atomic E-state index is 5.60. The van der Waals surface area contributed by atoms with Crippen molar-refractivity contribution < 1.29 is 4.74 Å². The largest absolute Gasteiger partial charge is 0.502 e. The van der Waals surface area contributed by atoms with Crippen molar-refractivity contribution in [2.24, 2.45) is 5.92 Å². The van der Waals surface area contributed by atoms with E-state index in [1.807, 2.05) is 6.26 Å². The van der Waals surface area contributed by atoms with Crippen LogP contribution < -0.4 is 0 Å². The number of unbranched alkanes of at least 4 members (excludes halogenated alkanes) is 11. The summed E-state index contributed by atoms with van der Waals surface area (Å²) in [7, 11) is 0. The van der Waals surface area contributed by atoms with E-state index < -0.39 is 0 Å². The summed E-state index contributed by atoms with van der Waals surface area (Å²) in [5, 5.41) is 0. The molecule has 0 saturated heterocycles. The van der Waals surface area contributed by atoms with Crippen LogP contribution in [0.15, 0.2) is 12.3 Å². The average molecular weight is 311 g/mol. The molecule has 0 bridgehead atoms. The Bertz CT molecular complexity index is 222. The Kier molecular flexibility index (Phi) is 18.2. The van der Waals surface area contributed by atoms with Crippen molar-refractivity contribution in [1.82, 2.24) is 0 Å². The fourth-order valence-electron chi connectivity index (χ4n) is 2.74. The Hall–Kier alpha value is -0.460. The van der Waals surface area contributed by atoms with E-state index in [9.17, 15) is 0 Å². The van der Waals surface area contributed by atoms with Gasteiger partial charge in [-0.1, -0.05) is 97.8 Å². The van der Waals surface area contributed by atoms with Gasteiger partial charge in [0.15, 0.2) is 0 Å². The van der Waals surface area contributed by atoms with Crippen LogP contribution in [0.4, 0.5) is 0 Å². The lowest BCUT2D eigenvalue weighted by molar-refractivity contribution is 0.238. The van der Waals surface area contributed by atoms with Crippen LogP contribution in [0.2, 0.25) is 0 Å². The fourth-order valence-corrected chi connectivity index (χ4v) is 2.74. The second-order valence-corrected chi connectivity index (χ2v) is 6.85. The van der Waals surface area contributed by atoms with E-state index in [-0.39, 0.29) is 0 Å². The molecule has 0 rings (SSSR count). The van der Waals surface area contributed by atoms with E-state index in [1.165, 1.54) is 89.9 Å². The molecule has 0 N–H and O–H groups in total. The normalized spacial score (nSPS) is 12.9. The standard InChI is InChI=1S/C21H42O/c1-4-6-8-10-12-13-15-17-21(3)18-20-22-19-16-14-11-9-7-5-2/h18,20-21H,4-17,19H2,1-3H3. The molecule has 0 aliphatic heterocycles. The summed E-state index contributed by atoms with van der Waals surface area (Å²) in [6.07, 6.45) is 23.3. The zero-order chi connectivity index (χ0) is 16.3. The zero-order valence-electron chi connectivity index (χ0n) is 15.7. The minimum atomic E-state index is 0.667. The molecule has 0 amide bonds. The van der Waals surface area contributed by atoms with Crippen molar-refractivity contribution in [2.45, 2.75) is 111 Å². The predicted octanol–water partition coefficient (Wildman–Crippen LogP) is 7.65. The summed E-state index contributed by atoms with van der Waals surface area (Å²) in [5.74, 6) is 0.667. The first-order valence-corrected chi connectivity index (χ1v) is 10.1. The van der Waals surface area contributed by atoms with Crippen LogP contribution >= 0.6 is 0 Å². The fraction of sp³-hybridized carbons (Fsp3) is 0.905. The van der Waals surface area contributed by atoms with E-state index >= 15 is 0 Å². The second kappa shape index (κ2) is 18.6. The summed E-state index contributed by atoms with van der Waals surface area (Å²) in [6, 6.07) is 0. The molecule has 1 atom stereocenters. The third kappa shape index (κ3) is 17.6. The average Bonchev–Trinajstić information content (AvgIpc) is 2.52. The second-order valence-electron chi connectivity index (χ2n) is 6.85. The van der Waals surface area contributed by atoms with Crippen molar-refractivity contribution in [2.75, 3.05) is 6.61 Å². The molecule has 0 aliphatic carbocycles. The van der Waals surface area contributed by atoms with Crippen molar-refractivity contribution in [3.63, 3.8) is 0 Å². The molecule has 1 nitrogen and oxygen atoms in total. The van der Waals surface area contributed by atoms with Crippen molar-refractivity contribution >= 4 is 0 Å². The zero-order valence-corrected chi connectivity index (χ0v) is 15.7. The Morgan fingerprint density at radius 2 is 1.18 bits per heavy atom. The quantitative estimate of drug-likeness (QED) is 0.198. The Morgan fingerprint density at radius 3 is 1.77 bits per heavy atom. The van der Waals surface area contributed by atoms with Gasteiger partial charge in [-0.25, -0.2) is 0 Å². The molecule has 132 valence electrons. The van der Waals surface area contributed by atoms with Gasteiger partial charge in [0, 0.05) is 0 Å². The molecular formula is C21H42O. The molecule has 0 aromatic rings. The highest BCUT2D eigenvalue weighted by molar-refractivity contribution is 4.80. The first kappa shape index (κ1) is 21.5. The van der Waals surface area contributed by atoms with Crippen molar-refractivity contribution in [3.05, 3.63) is 12.3 Å². The van der Waals surface area contributed by atoms with Crippen LogP contribution in [0.3, 0.4) is 0 Å². The van der Waals surface area contributed by atoms with Gasteiger partial charge < -0.3 is 4.74 Å². The van der Waals surface area contributed by atoms with Gasteiger partial charge in [-0.2, -0.15) is 0 Å². The number of ether oxygens (including phenoxy) is 1. The highest BCUT2D eigenvalue weighted by Gasteiger charge is 1.97. The summed E-state index contributed by atoms with van der Waals surface area (Å²) >= 11 is 0. The van der Waals surface area contributed by atoms with E-state index in [0.717, 1.165) is 6.61 Å². The Labute approximate surface area is 140 Å². The highest BCUT2D eigenvalue weighted by Crippen LogP contribution is 2.13. The number of rotatable bonds is 17. The van der Waals surface area contributed by atoms with E-state index in [2.05, 4.69) is 26.8 Å². The maximum Gasteiger partial charge on any atom is 0.0873 e. The summed E-state index contributed by atoms with van der Waals surface area (Å²) in [6.45, 7) is 7.75. The van der Waals surface area contributed by atoms with Crippen LogP contribution in [-0.4, -0.2) is 6.61 Å². The topological polar surface area (TPSA) is 9.23 Å². The van der Waals surface area contributed by atoms with Crippen LogP contribution in [-0.2, 0) is 4.74 Å². The molecule has 0 radical (unpaired) electrons. The SMILES string of the molecule is CCCCCCCCCC(C)C=COCCCCCCCC. The van der Waals surface area contributed by atoms with Gasteiger partial charge in [-0.3, -0.25) is 0 Å². The molecule has 1 heteroatoms. The Morgan fingerprint density at radius 1 is 0.682 bits per heavy atom. The minimum Gasteiger partial charge on any atom is -0.502 e. The lowest BCUT2D eigenvalue weighted by atomic mass is 10.0. The predicted molar refractivity (Wildman–Crippen MR) is 100 cm³/mol. The van der Waals surface area contributed by atoms with Gasteiger partial charge in [0.05, 0.1) is 12.9 Å². The Balaban J connectivity index is 3.24. The summed E-state index contributed by atoms with van der Waals surface area (Å²) in [4.78, 5) is 0. The summed E-state index contributed by atoms with van der Waals surface area (Å²) < 4.78 is 5.60. The molecule has 0 heterocycles. The van der Waals surface area contributed by atoms with Crippen LogP contribution in [0.1, 0.15) is 111 Å². The minimum absolute atomic E-state index is 0.667. The number of allylic oxidation sites excluding steroid dienone is 1. The van der Waals surface area contributed by atoms with E-state index in [4.69, 9.17) is 4.74 Å².